The van der Waals surface area contributed by atoms with Crippen LogP contribution in [0.3, 0.4) is 0 Å². The quantitative estimate of drug-likeness (QED) is 0.657. The van der Waals surface area contributed by atoms with E-state index >= 15 is 0 Å². The Balaban J connectivity index is 1.78. The Morgan fingerprint density at radius 3 is 2.70 bits per heavy atom. The normalized spacial score (nSPS) is 10.9. The molecule has 0 aliphatic heterocycles. The molecule has 0 amide bonds. The minimum absolute atomic E-state index is 0.220. The van der Waals surface area contributed by atoms with E-state index in [9.17, 15) is 0 Å². The van der Waals surface area contributed by atoms with Gasteiger partial charge < -0.3 is 10.6 Å². The number of thioether (sulfide) groups is 1. The predicted molar refractivity (Wildman–Crippen MR) is 85.0 cm³/mol. The fraction of sp³-hybridized carbons (Fsp3) is 0.286. The van der Waals surface area contributed by atoms with Gasteiger partial charge in [0.25, 0.3) is 0 Å². The van der Waals surface area contributed by atoms with Crippen molar-refractivity contribution in [1.29, 1.82) is 0 Å². The predicted octanol–water partition coefficient (Wildman–Crippen LogP) is 2.94. The fourth-order valence-corrected chi connectivity index (χ4v) is 2.99. The number of aromatic nitrogens is 2. The summed E-state index contributed by atoms with van der Waals surface area (Å²) in [5.74, 6) is 1.15. The van der Waals surface area contributed by atoms with Crippen LogP contribution < -0.4 is 5.73 Å². The van der Waals surface area contributed by atoms with E-state index in [1.54, 1.807) is 17.8 Å². The molecule has 4 nitrogen and oxygen atoms in total. The van der Waals surface area contributed by atoms with E-state index in [2.05, 4.69) is 46.2 Å². The van der Waals surface area contributed by atoms with Crippen LogP contribution in [0.2, 0.25) is 5.15 Å². The molecule has 106 valence electrons. The Kier molecular flexibility index (Phi) is 5.64. The van der Waals surface area contributed by atoms with Gasteiger partial charge in [-0.05, 0) is 12.6 Å². The van der Waals surface area contributed by atoms with Crippen LogP contribution >= 0.6 is 23.4 Å². The van der Waals surface area contributed by atoms with Gasteiger partial charge in [-0.3, -0.25) is 0 Å². The number of nitrogen functional groups attached to an aromatic ring is 1. The lowest BCUT2D eigenvalue weighted by Gasteiger charge is -2.16. The number of rotatable bonds is 6. The lowest BCUT2D eigenvalue weighted by molar-refractivity contribution is 0.348. The molecule has 20 heavy (non-hydrogen) atoms. The SMILES string of the molecule is CN(CCSc1cc(Cl)nc(N)n1)Cc1ccccc1. The van der Waals surface area contributed by atoms with Crippen molar-refractivity contribution in [2.24, 2.45) is 0 Å². The molecule has 2 rings (SSSR count). The number of hydrogen-bond donors (Lipinski definition) is 1. The maximum Gasteiger partial charge on any atom is 0.222 e. The number of benzene rings is 1. The molecule has 2 aromatic rings. The van der Waals surface area contributed by atoms with Gasteiger partial charge in [0, 0.05) is 24.9 Å². The molecule has 6 heteroatoms. The van der Waals surface area contributed by atoms with E-state index in [0.29, 0.717) is 5.15 Å². The molecule has 2 N–H and O–H groups in total. The third-order valence-electron chi connectivity index (χ3n) is 2.71. The Labute approximate surface area is 128 Å². The molecule has 0 aliphatic rings. The number of anilines is 1. The largest absolute Gasteiger partial charge is 0.368 e. The van der Waals surface area contributed by atoms with Crippen molar-refractivity contribution in [2.45, 2.75) is 11.6 Å². The van der Waals surface area contributed by atoms with E-state index in [4.69, 9.17) is 17.3 Å². The highest BCUT2D eigenvalue weighted by atomic mass is 35.5. The van der Waals surface area contributed by atoms with E-state index in [1.807, 2.05) is 6.07 Å². The molecule has 0 spiro atoms. The van der Waals surface area contributed by atoms with Gasteiger partial charge >= 0.3 is 0 Å². The molecule has 0 bridgehead atoms. The van der Waals surface area contributed by atoms with Crippen molar-refractivity contribution in [3.63, 3.8) is 0 Å². The van der Waals surface area contributed by atoms with Gasteiger partial charge in [-0.25, -0.2) is 9.97 Å². The molecule has 0 saturated heterocycles. The third-order valence-corrected chi connectivity index (χ3v) is 3.79. The Morgan fingerprint density at radius 1 is 1.25 bits per heavy atom. The second-order valence-electron chi connectivity index (χ2n) is 4.46. The van der Waals surface area contributed by atoms with Crippen molar-refractivity contribution >= 4 is 29.3 Å². The zero-order chi connectivity index (χ0) is 14.4. The first-order valence-electron chi connectivity index (χ1n) is 6.29. The summed E-state index contributed by atoms with van der Waals surface area (Å²) in [6, 6.07) is 12.2. The summed E-state index contributed by atoms with van der Waals surface area (Å²) in [5.41, 5.74) is 6.88. The van der Waals surface area contributed by atoms with Crippen molar-refractivity contribution in [3.8, 4) is 0 Å². The lowest BCUT2D eigenvalue weighted by Crippen LogP contribution is -2.20. The Hall–Kier alpha value is -1.30. The number of hydrogen-bond acceptors (Lipinski definition) is 5. The highest BCUT2D eigenvalue weighted by Gasteiger charge is 2.04. The molecular weight excluding hydrogens is 292 g/mol. The van der Waals surface area contributed by atoms with Crippen LogP contribution in [0.4, 0.5) is 5.95 Å². The highest BCUT2D eigenvalue weighted by Crippen LogP contribution is 2.19. The molecule has 0 fully saturated rings. The van der Waals surface area contributed by atoms with Gasteiger partial charge in [-0.2, -0.15) is 0 Å². The summed E-state index contributed by atoms with van der Waals surface area (Å²) in [7, 11) is 2.11. The van der Waals surface area contributed by atoms with Crippen LogP contribution in [0.5, 0.6) is 0 Å². The average molecular weight is 309 g/mol. The van der Waals surface area contributed by atoms with Crippen LogP contribution in [0.1, 0.15) is 5.56 Å². The zero-order valence-electron chi connectivity index (χ0n) is 11.3. The first kappa shape index (κ1) is 15.1. The van der Waals surface area contributed by atoms with Crippen LogP contribution in [-0.4, -0.2) is 34.2 Å². The highest BCUT2D eigenvalue weighted by molar-refractivity contribution is 7.99. The Morgan fingerprint density at radius 2 is 2.00 bits per heavy atom. The molecule has 1 aromatic carbocycles. The second-order valence-corrected chi connectivity index (χ2v) is 5.96. The van der Waals surface area contributed by atoms with E-state index < -0.39 is 0 Å². The first-order chi connectivity index (χ1) is 9.63. The molecule has 0 atom stereocenters. The maximum absolute atomic E-state index is 5.84. The minimum atomic E-state index is 0.220. The molecule has 0 aliphatic carbocycles. The van der Waals surface area contributed by atoms with E-state index in [0.717, 1.165) is 23.9 Å². The van der Waals surface area contributed by atoms with Gasteiger partial charge in [-0.15, -0.1) is 11.8 Å². The Bertz CT molecular complexity index is 530. The molecule has 1 heterocycles. The molecule has 0 unspecified atom stereocenters. The van der Waals surface area contributed by atoms with Gasteiger partial charge in [0.15, 0.2) is 0 Å². The monoisotopic (exact) mass is 308 g/mol. The van der Waals surface area contributed by atoms with Crippen LogP contribution in [-0.2, 0) is 6.54 Å². The number of nitrogens with zero attached hydrogens (tertiary/aromatic N) is 3. The van der Waals surface area contributed by atoms with E-state index in [-0.39, 0.29) is 5.95 Å². The number of nitrogens with two attached hydrogens (primary N) is 1. The zero-order valence-corrected chi connectivity index (χ0v) is 12.9. The summed E-state index contributed by atoms with van der Waals surface area (Å²) < 4.78 is 0. The molecule has 0 radical (unpaired) electrons. The topological polar surface area (TPSA) is 55.0 Å². The van der Waals surface area contributed by atoms with Gasteiger partial charge in [-0.1, -0.05) is 41.9 Å². The molecular formula is C14H17ClN4S. The molecule has 1 aromatic heterocycles. The van der Waals surface area contributed by atoms with Gasteiger partial charge in [0.05, 0.1) is 0 Å². The summed E-state index contributed by atoms with van der Waals surface area (Å²) in [6.07, 6.45) is 0. The van der Waals surface area contributed by atoms with Crippen molar-refractivity contribution in [3.05, 3.63) is 47.1 Å². The van der Waals surface area contributed by atoms with Crippen LogP contribution in [0.15, 0.2) is 41.4 Å². The lowest BCUT2D eigenvalue weighted by atomic mass is 10.2. The summed E-state index contributed by atoms with van der Waals surface area (Å²) >= 11 is 7.47. The smallest absolute Gasteiger partial charge is 0.222 e. The third kappa shape index (κ3) is 5.00. The van der Waals surface area contributed by atoms with Gasteiger partial charge in [0.1, 0.15) is 10.2 Å². The van der Waals surface area contributed by atoms with Crippen LogP contribution in [0, 0.1) is 0 Å². The minimum Gasteiger partial charge on any atom is -0.368 e. The summed E-state index contributed by atoms with van der Waals surface area (Å²) in [4.78, 5) is 10.3. The second kappa shape index (κ2) is 7.47. The fourth-order valence-electron chi connectivity index (χ4n) is 1.77. The molecule has 0 saturated carbocycles. The van der Waals surface area contributed by atoms with Crippen molar-refractivity contribution in [1.82, 2.24) is 14.9 Å². The van der Waals surface area contributed by atoms with Crippen molar-refractivity contribution in [2.75, 3.05) is 25.1 Å². The summed E-state index contributed by atoms with van der Waals surface area (Å²) in [5, 5.41) is 1.20. The standard InChI is InChI=1S/C14H17ClN4S/c1-19(10-11-5-3-2-4-6-11)7-8-20-13-9-12(15)17-14(16)18-13/h2-6,9H,7-8,10H2,1H3,(H2,16,17,18). The maximum atomic E-state index is 5.84. The first-order valence-corrected chi connectivity index (χ1v) is 7.65. The van der Waals surface area contributed by atoms with Crippen molar-refractivity contribution < 1.29 is 0 Å². The summed E-state index contributed by atoms with van der Waals surface area (Å²) in [6.45, 7) is 1.90. The van der Waals surface area contributed by atoms with Gasteiger partial charge in [0.2, 0.25) is 5.95 Å². The van der Waals surface area contributed by atoms with E-state index in [1.165, 1.54) is 5.56 Å². The van der Waals surface area contributed by atoms with Crippen LogP contribution in [0.25, 0.3) is 0 Å². The average Bonchev–Trinajstić information content (AvgIpc) is 2.38. The number of halogens is 1.